The summed E-state index contributed by atoms with van der Waals surface area (Å²) in [6.07, 6.45) is 0. The van der Waals surface area contributed by atoms with E-state index < -0.39 is 0 Å². The molecule has 1 unspecified atom stereocenters. The second-order valence-corrected chi connectivity index (χ2v) is 5.73. The van der Waals surface area contributed by atoms with E-state index in [0.29, 0.717) is 19.8 Å². The van der Waals surface area contributed by atoms with Crippen LogP contribution >= 0.6 is 0 Å². The van der Waals surface area contributed by atoms with Crippen LogP contribution in [0, 0.1) is 0 Å². The Morgan fingerprint density at radius 1 is 1.35 bits per heavy atom. The Balaban J connectivity index is 2.47. The number of rotatable bonds is 9. The van der Waals surface area contributed by atoms with Crippen LogP contribution in [-0.4, -0.2) is 64.9 Å². The molecule has 0 aliphatic heterocycles. The van der Waals surface area contributed by atoms with Crippen molar-refractivity contribution in [3.63, 3.8) is 0 Å². The number of benzene rings is 1. The molecule has 0 saturated heterocycles. The zero-order valence-corrected chi connectivity index (χ0v) is 14.9. The summed E-state index contributed by atoms with van der Waals surface area (Å²) in [6.45, 7) is 4.95. The highest BCUT2D eigenvalue weighted by Crippen LogP contribution is 2.13. The number of nitrogens with one attached hydrogen (secondary N) is 2. The molecule has 0 aliphatic carbocycles. The van der Waals surface area contributed by atoms with Crippen LogP contribution < -0.4 is 15.4 Å². The van der Waals surface area contributed by atoms with Crippen molar-refractivity contribution in [2.45, 2.75) is 19.5 Å². The van der Waals surface area contributed by atoms with Gasteiger partial charge in [0, 0.05) is 33.3 Å². The average Bonchev–Trinajstić information content (AvgIpc) is 2.51. The Bertz CT molecular complexity index is 477. The lowest BCUT2D eigenvalue weighted by Crippen LogP contribution is -2.43. The number of aliphatic imine (C=N–C) groups is 1. The highest BCUT2D eigenvalue weighted by Gasteiger charge is 2.05. The maximum atomic E-state index is 5.76. The standard InChI is InChI=1S/C17H30N4O2/c1-14(13-22-5)20-17(18-2)19-12-15-7-6-8-16(11-15)23-10-9-21(3)4/h6-8,11,14H,9-10,12-13H2,1-5H3,(H2,18,19,20). The van der Waals surface area contributed by atoms with E-state index in [9.17, 15) is 0 Å². The van der Waals surface area contributed by atoms with Gasteiger partial charge in [0.05, 0.1) is 6.61 Å². The van der Waals surface area contributed by atoms with Crippen molar-refractivity contribution < 1.29 is 9.47 Å². The van der Waals surface area contributed by atoms with Crippen LogP contribution in [0.15, 0.2) is 29.3 Å². The molecule has 1 atom stereocenters. The van der Waals surface area contributed by atoms with E-state index in [2.05, 4.69) is 39.6 Å². The first-order valence-corrected chi connectivity index (χ1v) is 7.87. The van der Waals surface area contributed by atoms with Crippen molar-refractivity contribution in [3.8, 4) is 5.75 Å². The van der Waals surface area contributed by atoms with Gasteiger partial charge in [0.25, 0.3) is 0 Å². The molecule has 0 saturated carbocycles. The van der Waals surface area contributed by atoms with Crippen LogP contribution in [0.3, 0.4) is 0 Å². The molecule has 23 heavy (non-hydrogen) atoms. The molecule has 0 radical (unpaired) electrons. The molecule has 6 nitrogen and oxygen atoms in total. The molecule has 1 aromatic carbocycles. The first kappa shape index (κ1) is 19.3. The Labute approximate surface area is 139 Å². The minimum atomic E-state index is 0.201. The molecule has 0 amide bonds. The molecule has 6 heteroatoms. The second kappa shape index (κ2) is 10.9. The molecule has 2 N–H and O–H groups in total. The molecular formula is C17H30N4O2. The van der Waals surface area contributed by atoms with Crippen molar-refractivity contribution >= 4 is 5.96 Å². The fraction of sp³-hybridized carbons (Fsp3) is 0.588. The van der Waals surface area contributed by atoms with Crippen LogP contribution in [0.1, 0.15) is 12.5 Å². The predicted molar refractivity (Wildman–Crippen MR) is 95.2 cm³/mol. The number of likely N-dealkylation sites (N-methyl/N-ethyl adjacent to an activating group) is 1. The van der Waals surface area contributed by atoms with Crippen molar-refractivity contribution in [3.05, 3.63) is 29.8 Å². The summed E-state index contributed by atoms with van der Waals surface area (Å²) in [4.78, 5) is 6.32. The van der Waals surface area contributed by atoms with Gasteiger partial charge in [-0.25, -0.2) is 0 Å². The third-order valence-corrected chi connectivity index (χ3v) is 3.19. The van der Waals surface area contributed by atoms with Gasteiger partial charge in [-0.3, -0.25) is 4.99 Å². The summed E-state index contributed by atoms with van der Waals surface area (Å²) in [6, 6.07) is 8.30. The number of hydrogen-bond donors (Lipinski definition) is 2. The van der Waals surface area contributed by atoms with Crippen molar-refractivity contribution in [2.24, 2.45) is 4.99 Å². The van der Waals surface area contributed by atoms with E-state index >= 15 is 0 Å². The fourth-order valence-electron chi connectivity index (χ4n) is 2.00. The minimum absolute atomic E-state index is 0.201. The summed E-state index contributed by atoms with van der Waals surface area (Å²) < 4.78 is 10.9. The topological polar surface area (TPSA) is 58.1 Å². The monoisotopic (exact) mass is 322 g/mol. The molecule has 0 aliphatic rings. The third kappa shape index (κ3) is 8.42. The van der Waals surface area contributed by atoms with Gasteiger partial charge >= 0.3 is 0 Å². The largest absolute Gasteiger partial charge is 0.492 e. The molecule has 0 aromatic heterocycles. The molecule has 0 bridgehead atoms. The van der Waals surface area contributed by atoms with Crippen LogP contribution in [-0.2, 0) is 11.3 Å². The third-order valence-electron chi connectivity index (χ3n) is 3.19. The highest BCUT2D eigenvalue weighted by molar-refractivity contribution is 5.79. The van der Waals surface area contributed by atoms with Crippen molar-refractivity contribution in [1.82, 2.24) is 15.5 Å². The Morgan fingerprint density at radius 3 is 2.78 bits per heavy atom. The molecular weight excluding hydrogens is 292 g/mol. The fourth-order valence-corrected chi connectivity index (χ4v) is 2.00. The molecule has 1 rings (SSSR count). The smallest absolute Gasteiger partial charge is 0.191 e. The van der Waals surface area contributed by atoms with E-state index in [1.165, 1.54) is 0 Å². The van der Waals surface area contributed by atoms with Gasteiger partial charge in [-0.15, -0.1) is 0 Å². The zero-order valence-electron chi connectivity index (χ0n) is 14.9. The number of methoxy groups -OCH3 is 1. The van der Waals surface area contributed by atoms with Gasteiger partial charge in [0.15, 0.2) is 5.96 Å². The van der Waals surface area contributed by atoms with Crippen molar-refractivity contribution in [2.75, 3.05) is 48.0 Å². The Hall–Kier alpha value is -1.79. The van der Waals surface area contributed by atoms with E-state index in [-0.39, 0.29) is 6.04 Å². The second-order valence-electron chi connectivity index (χ2n) is 5.73. The summed E-state index contributed by atoms with van der Waals surface area (Å²) in [7, 11) is 7.52. The zero-order chi connectivity index (χ0) is 17.1. The quantitative estimate of drug-likeness (QED) is 0.530. The van der Waals surface area contributed by atoms with Gasteiger partial charge in [0.1, 0.15) is 12.4 Å². The SMILES string of the molecule is CN=C(NCc1cccc(OCCN(C)C)c1)NC(C)COC. The summed E-state index contributed by atoms with van der Waals surface area (Å²) in [5.41, 5.74) is 1.15. The van der Waals surface area contributed by atoms with Gasteiger partial charge in [-0.05, 0) is 38.7 Å². The number of ether oxygens (including phenoxy) is 2. The molecule has 0 spiro atoms. The lowest BCUT2D eigenvalue weighted by atomic mass is 10.2. The van der Waals surface area contributed by atoms with Gasteiger partial charge in [0.2, 0.25) is 0 Å². The number of nitrogens with zero attached hydrogens (tertiary/aromatic N) is 2. The number of hydrogen-bond acceptors (Lipinski definition) is 4. The lowest BCUT2D eigenvalue weighted by Gasteiger charge is -2.17. The maximum absolute atomic E-state index is 5.76. The van der Waals surface area contributed by atoms with Crippen LogP contribution in [0.25, 0.3) is 0 Å². The van der Waals surface area contributed by atoms with E-state index in [0.717, 1.165) is 23.8 Å². The normalized spacial score (nSPS) is 13.0. The van der Waals surface area contributed by atoms with E-state index in [1.807, 2.05) is 26.2 Å². The molecule has 0 fully saturated rings. The van der Waals surface area contributed by atoms with Crippen molar-refractivity contribution in [1.29, 1.82) is 0 Å². The summed E-state index contributed by atoms with van der Waals surface area (Å²) >= 11 is 0. The highest BCUT2D eigenvalue weighted by atomic mass is 16.5. The van der Waals surface area contributed by atoms with Gasteiger partial charge in [-0.1, -0.05) is 12.1 Å². The molecule has 130 valence electrons. The van der Waals surface area contributed by atoms with E-state index in [4.69, 9.17) is 9.47 Å². The number of guanidine groups is 1. The lowest BCUT2D eigenvalue weighted by molar-refractivity contribution is 0.179. The maximum Gasteiger partial charge on any atom is 0.191 e. The first-order valence-electron chi connectivity index (χ1n) is 7.87. The Kier molecular flexibility index (Phi) is 9.09. The van der Waals surface area contributed by atoms with Gasteiger partial charge < -0.3 is 25.0 Å². The first-order chi connectivity index (χ1) is 11.0. The average molecular weight is 322 g/mol. The van der Waals surface area contributed by atoms with Crippen LogP contribution in [0.2, 0.25) is 0 Å². The summed E-state index contributed by atoms with van der Waals surface area (Å²) in [5, 5.41) is 6.57. The minimum Gasteiger partial charge on any atom is -0.492 e. The van der Waals surface area contributed by atoms with E-state index in [1.54, 1.807) is 14.2 Å². The molecule has 0 heterocycles. The predicted octanol–water partition coefficient (Wildman–Crippen LogP) is 1.33. The Morgan fingerprint density at radius 2 is 2.13 bits per heavy atom. The molecule has 1 aromatic rings. The summed E-state index contributed by atoms with van der Waals surface area (Å²) in [5.74, 6) is 1.65. The van der Waals surface area contributed by atoms with Crippen LogP contribution in [0.5, 0.6) is 5.75 Å². The van der Waals surface area contributed by atoms with Gasteiger partial charge in [-0.2, -0.15) is 0 Å². The van der Waals surface area contributed by atoms with Crippen LogP contribution in [0.4, 0.5) is 0 Å².